The van der Waals surface area contributed by atoms with E-state index in [1.807, 2.05) is 6.07 Å². The fraction of sp³-hybridized carbons (Fsp3) is 0.0625. The third-order valence-electron chi connectivity index (χ3n) is 3.11. The highest BCUT2D eigenvalue weighted by molar-refractivity contribution is 5.95. The molecule has 1 aromatic heterocycles. The number of aliphatic hydroxyl groups excluding tert-OH is 1. The van der Waals surface area contributed by atoms with Gasteiger partial charge >= 0.3 is 0 Å². The minimum absolute atomic E-state index is 0.430. The first kappa shape index (κ1) is 14.0. The number of hydrogen-bond donors (Lipinski definition) is 2. The average Bonchev–Trinajstić information content (AvgIpc) is 3.10. The van der Waals surface area contributed by atoms with Gasteiger partial charge in [0.25, 0.3) is 5.91 Å². The van der Waals surface area contributed by atoms with E-state index in [0.29, 0.717) is 22.6 Å². The van der Waals surface area contributed by atoms with Crippen molar-refractivity contribution in [3.63, 3.8) is 0 Å². The summed E-state index contributed by atoms with van der Waals surface area (Å²) in [5, 5.41) is 16.5. The second kappa shape index (κ2) is 6.19. The Morgan fingerprint density at radius 1 is 1.14 bits per heavy atom. The van der Waals surface area contributed by atoms with Crippen molar-refractivity contribution in [3.05, 3.63) is 66.6 Å². The summed E-state index contributed by atoms with van der Waals surface area (Å²) in [5.74, 6) is -0.0730. The van der Waals surface area contributed by atoms with Gasteiger partial charge in [-0.05, 0) is 17.7 Å². The molecule has 110 valence electrons. The van der Waals surface area contributed by atoms with Gasteiger partial charge in [0.15, 0.2) is 6.10 Å². The van der Waals surface area contributed by atoms with Crippen LogP contribution in [0.25, 0.3) is 11.4 Å². The quantitative estimate of drug-likeness (QED) is 0.771. The first-order chi connectivity index (χ1) is 10.7. The van der Waals surface area contributed by atoms with Crippen molar-refractivity contribution in [2.75, 3.05) is 5.32 Å². The molecule has 1 atom stereocenters. The lowest BCUT2D eigenvalue weighted by molar-refractivity contribution is -0.124. The molecule has 0 aliphatic heterocycles. The third-order valence-corrected chi connectivity index (χ3v) is 3.11. The van der Waals surface area contributed by atoms with Gasteiger partial charge < -0.3 is 14.9 Å². The number of rotatable bonds is 4. The van der Waals surface area contributed by atoms with E-state index in [9.17, 15) is 9.90 Å². The van der Waals surface area contributed by atoms with E-state index in [-0.39, 0.29) is 0 Å². The van der Waals surface area contributed by atoms with Gasteiger partial charge in [-0.15, -0.1) is 0 Å². The maximum absolute atomic E-state index is 12.1. The zero-order valence-electron chi connectivity index (χ0n) is 11.5. The summed E-state index contributed by atoms with van der Waals surface area (Å²) in [5.41, 5.74) is 1.79. The van der Waals surface area contributed by atoms with Crippen LogP contribution in [0.4, 0.5) is 5.69 Å². The van der Waals surface area contributed by atoms with Crippen molar-refractivity contribution in [2.24, 2.45) is 0 Å². The Balaban J connectivity index is 1.76. The van der Waals surface area contributed by atoms with Crippen LogP contribution in [0, 0.1) is 0 Å². The van der Waals surface area contributed by atoms with Crippen molar-refractivity contribution in [2.45, 2.75) is 6.10 Å². The number of carbonyl (C=O) groups excluding carboxylic acids is 1. The fourth-order valence-electron chi connectivity index (χ4n) is 2.03. The fourth-order valence-corrected chi connectivity index (χ4v) is 2.03. The van der Waals surface area contributed by atoms with E-state index in [0.717, 1.165) is 0 Å². The lowest BCUT2D eigenvalue weighted by Crippen LogP contribution is -2.20. The Bertz CT molecular complexity index is 757. The molecule has 2 N–H and O–H groups in total. The van der Waals surface area contributed by atoms with Gasteiger partial charge in [-0.2, -0.15) is 4.98 Å². The van der Waals surface area contributed by atoms with E-state index < -0.39 is 12.0 Å². The summed E-state index contributed by atoms with van der Waals surface area (Å²) >= 11 is 0. The maximum Gasteiger partial charge on any atom is 0.257 e. The topological polar surface area (TPSA) is 88.3 Å². The number of benzene rings is 2. The van der Waals surface area contributed by atoms with Crippen LogP contribution in [0.3, 0.4) is 0 Å². The Labute approximate surface area is 126 Å². The number of nitrogens with zero attached hydrogens (tertiary/aromatic N) is 2. The molecule has 0 fully saturated rings. The van der Waals surface area contributed by atoms with Gasteiger partial charge in [-0.25, -0.2) is 0 Å². The molecule has 3 aromatic rings. The molecule has 0 aliphatic rings. The smallest absolute Gasteiger partial charge is 0.257 e. The second-order valence-corrected chi connectivity index (χ2v) is 4.64. The molecule has 22 heavy (non-hydrogen) atoms. The number of nitrogens with one attached hydrogen (secondary N) is 1. The lowest BCUT2D eigenvalue weighted by Gasteiger charge is -2.12. The Morgan fingerprint density at radius 2 is 1.95 bits per heavy atom. The number of anilines is 1. The molecule has 6 heteroatoms. The number of hydrogen-bond acceptors (Lipinski definition) is 5. The van der Waals surface area contributed by atoms with Crippen LogP contribution in [-0.2, 0) is 4.79 Å². The number of aromatic nitrogens is 2. The van der Waals surface area contributed by atoms with Crippen LogP contribution in [0.15, 0.2) is 65.5 Å². The third kappa shape index (κ3) is 3.02. The molecule has 2 aromatic carbocycles. The monoisotopic (exact) mass is 295 g/mol. The summed E-state index contributed by atoms with van der Waals surface area (Å²) in [6, 6.07) is 15.7. The standard InChI is InChI=1S/C16H13N3O3/c20-14(11-5-2-1-3-6-11)16(21)18-13-8-4-7-12(9-13)15-17-10-22-19-15/h1-10,14,20H,(H,18,21). The molecule has 0 saturated heterocycles. The van der Waals surface area contributed by atoms with E-state index in [4.69, 9.17) is 4.52 Å². The molecule has 0 aliphatic carbocycles. The van der Waals surface area contributed by atoms with E-state index in [1.165, 1.54) is 6.39 Å². The first-order valence-electron chi connectivity index (χ1n) is 6.65. The van der Waals surface area contributed by atoms with Crippen LogP contribution < -0.4 is 5.32 Å². The number of carbonyl (C=O) groups is 1. The molecular formula is C16H13N3O3. The average molecular weight is 295 g/mol. The van der Waals surface area contributed by atoms with Crippen LogP contribution in [0.2, 0.25) is 0 Å². The highest BCUT2D eigenvalue weighted by atomic mass is 16.5. The minimum Gasteiger partial charge on any atom is -0.378 e. The van der Waals surface area contributed by atoms with E-state index in [2.05, 4.69) is 15.5 Å². The van der Waals surface area contributed by atoms with Gasteiger partial charge in [0.05, 0.1) is 0 Å². The molecule has 6 nitrogen and oxygen atoms in total. The van der Waals surface area contributed by atoms with Gasteiger partial charge in [0, 0.05) is 11.3 Å². The summed E-state index contributed by atoms with van der Waals surface area (Å²) in [6.07, 6.45) is 0.00904. The summed E-state index contributed by atoms with van der Waals surface area (Å²) < 4.78 is 4.70. The van der Waals surface area contributed by atoms with Crippen molar-refractivity contribution >= 4 is 11.6 Å². The second-order valence-electron chi connectivity index (χ2n) is 4.64. The number of amides is 1. The van der Waals surface area contributed by atoms with Gasteiger partial charge in [0.2, 0.25) is 12.2 Å². The molecule has 0 spiro atoms. The largest absolute Gasteiger partial charge is 0.378 e. The van der Waals surface area contributed by atoms with Gasteiger partial charge in [-0.1, -0.05) is 47.6 Å². The first-order valence-corrected chi connectivity index (χ1v) is 6.65. The zero-order chi connectivity index (χ0) is 15.4. The molecule has 0 bridgehead atoms. The van der Waals surface area contributed by atoms with Crippen molar-refractivity contribution in [1.29, 1.82) is 0 Å². The van der Waals surface area contributed by atoms with Crippen LogP contribution in [-0.4, -0.2) is 21.2 Å². The van der Waals surface area contributed by atoms with Gasteiger partial charge in [0.1, 0.15) is 0 Å². The Hall–Kier alpha value is -2.99. The highest BCUT2D eigenvalue weighted by Crippen LogP contribution is 2.21. The van der Waals surface area contributed by atoms with Crippen molar-refractivity contribution in [1.82, 2.24) is 10.1 Å². The van der Waals surface area contributed by atoms with Crippen LogP contribution in [0.5, 0.6) is 0 Å². The lowest BCUT2D eigenvalue weighted by atomic mass is 10.1. The zero-order valence-corrected chi connectivity index (χ0v) is 11.5. The van der Waals surface area contributed by atoms with Gasteiger partial charge in [-0.3, -0.25) is 4.79 Å². The SMILES string of the molecule is O=C(Nc1cccc(-c2ncon2)c1)C(O)c1ccccc1. The van der Waals surface area contributed by atoms with Crippen LogP contribution in [0.1, 0.15) is 11.7 Å². The van der Waals surface area contributed by atoms with Crippen LogP contribution >= 0.6 is 0 Å². The maximum atomic E-state index is 12.1. The minimum atomic E-state index is -1.23. The number of aliphatic hydroxyl groups is 1. The summed E-state index contributed by atoms with van der Waals surface area (Å²) in [7, 11) is 0. The Kier molecular flexibility index (Phi) is 3.93. The summed E-state index contributed by atoms with van der Waals surface area (Å²) in [4.78, 5) is 16.0. The molecular weight excluding hydrogens is 282 g/mol. The molecule has 1 heterocycles. The normalized spacial score (nSPS) is 11.9. The summed E-state index contributed by atoms with van der Waals surface area (Å²) in [6.45, 7) is 0. The molecule has 0 saturated carbocycles. The molecule has 1 amide bonds. The highest BCUT2D eigenvalue weighted by Gasteiger charge is 2.17. The molecule has 3 rings (SSSR count). The predicted molar refractivity (Wildman–Crippen MR) is 79.8 cm³/mol. The molecule has 1 unspecified atom stereocenters. The van der Waals surface area contributed by atoms with E-state index >= 15 is 0 Å². The van der Waals surface area contributed by atoms with E-state index in [1.54, 1.807) is 48.5 Å². The Morgan fingerprint density at radius 3 is 2.68 bits per heavy atom. The van der Waals surface area contributed by atoms with Crippen molar-refractivity contribution in [3.8, 4) is 11.4 Å². The molecule has 0 radical (unpaired) electrons. The van der Waals surface area contributed by atoms with Crippen molar-refractivity contribution < 1.29 is 14.4 Å². The predicted octanol–water partition coefficient (Wildman–Crippen LogP) is 2.41.